The minimum atomic E-state index is -0.484. The Bertz CT molecular complexity index is 808. The van der Waals surface area contributed by atoms with Crippen LogP contribution in [0.1, 0.15) is 0 Å². The monoisotopic (exact) mass is 329 g/mol. The van der Waals surface area contributed by atoms with E-state index in [1.54, 1.807) is 12.1 Å². The van der Waals surface area contributed by atoms with E-state index in [1.165, 1.54) is 18.3 Å². The van der Waals surface area contributed by atoms with E-state index in [-0.39, 0.29) is 23.2 Å². The van der Waals surface area contributed by atoms with Gasteiger partial charge in [0.1, 0.15) is 5.69 Å². The number of H-pyrrole nitrogens is 1. The van der Waals surface area contributed by atoms with Crippen molar-refractivity contribution in [1.82, 2.24) is 20.2 Å². The molecule has 1 amide bonds. The highest BCUT2D eigenvalue weighted by atomic mass is 32.2. The second-order valence-corrected chi connectivity index (χ2v) is 5.45. The lowest BCUT2D eigenvalue weighted by atomic mass is 10.3. The van der Waals surface area contributed by atoms with E-state index in [9.17, 15) is 9.18 Å². The van der Waals surface area contributed by atoms with E-state index < -0.39 is 5.82 Å². The molecule has 6 nitrogen and oxygen atoms in total. The third kappa shape index (κ3) is 3.92. The maximum absolute atomic E-state index is 13.6. The third-order valence-electron chi connectivity index (χ3n) is 2.84. The maximum atomic E-state index is 13.6. The summed E-state index contributed by atoms with van der Waals surface area (Å²) >= 11 is 1.15. The Hall–Kier alpha value is -2.74. The zero-order valence-corrected chi connectivity index (χ0v) is 12.7. The Kier molecular flexibility index (Phi) is 4.62. The molecular weight excluding hydrogens is 317 g/mol. The third-order valence-corrected chi connectivity index (χ3v) is 3.68. The molecule has 0 aliphatic heterocycles. The van der Waals surface area contributed by atoms with Crippen LogP contribution < -0.4 is 5.32 Å². The lowest BCUT2D eigenvalue weighted by Gasteiger charge is -2.02. The van der Waals surface area contributed by atoms with E-state index in [0.29, 0.717) is 5.16 Å². The fraction of sp³-hybridized carbons (Fsp3) is 0.0667. The molecule has 1 aromatic carbocycles. The SMILES string of the molecule is O=C(CSc1n[nH]c(-c2ncccc2F)n1)Nc1ccccc1. The number of hydrogen-bond acceptors (Lipinski definition) is 5. The minimum absolute atomic E-state index is 0.0978. The average Bonchev–Trinajstić information content (AvgIpc) is 3.03. The van der Waals surface area contributed by atoms with Crippen LogP contribution in [-0.4, -0.2) is 31.8 Å². The van der Waals surface area contributed by atoms with Gasteiger partial charge in [0.25, 0.3) is 0 Å². The van der Waals surface area contributed by atoms with Crippen LogP contribution in [0.25, 0.3) is 11.5 Å². The van der Waals surface area contributed by atoms with Crippen molar-refractivity contribution in [3.05, 3.63) is 54.5 Å². The highest BCUT2D eigenvalue weighted by Gasteiger charge is 2.12. The molecule has 0 spiro atoms. The van der Waals surface area contributed by atoms with Crippen molar-refractivity contribution < 1.29 is 9.18 Å². The predicted octanol–water partition coefficient (Wildman–Crippen LogP) is 2.74. The minimum Gasteiger partial charge on any atom is -0.325 e. The Morgan fingerprint density at radius 2 is 2.04 bits per heavy atom. The summed E-state index contributed by atoms with van der Waals surface area (Å²) in [6.45, 7) is 0. The van der Waals surface area contributed by atoms with Crippen LogP contribution in [0.2, 0.25) is 0 Å². The Labute approximate surface area is 135 Å². The van der Waals surface area contributed by atoms with Gasteiger partial charge in [-0.05, 0) is 24.3 Å². The molecule has 8 heteroatoms. The number of carbonyl (C=O) groups excluding carboxylic acids is 1. The van der Waals surface area contributed by atoms with Crippen LogP contribution in [0.5, 0.6) is 0 Å². The zero-order chi connectivity index (χ0) is 16.1. The lowest BCUT2D eigenvalue weighted by Crippen LogP contribution is -2.13. The van der Waals surface area contributed by atoms with Gasteiger partial charge >= 0.3 is 0 Å². The number of nitrogens with one attached hydrogen (secondary N) is 2. The fourth-order valence-corrected chi connectivity index (χ4v) is 2.42. The average molecular weight is 329 g/mol. The number of pyridine rings is 1. The number of carbonyl (C=O) groups is 1. The first-order chi connectivity index (χ1) is 11.2. The summed E-state index contributed by atoms with van der Waals surface area (Å²) in [6, 6.07) is 12.0. The Morgan fingerprint density at radius 3 is 2.83 bits per heavy atom. The van der Waals surface area contributed by atoms with Crippen LogP contribution >= 0.6 is 11.8 Å². The first-order valence-corrected chi connectivity index (χ1v) is 7.72. The number of rotatable bonds is 5. The maximum Gasteiger partial charge on any atom is 0.234 e. The molecule has 0 saturated carbocycles. The fourth-order valence-electron chi connectivity index (χ4n) is 1.83. The molecule has 23 heavy (non-hydrogen) atoms. The van der Waals surface area contributed by atoms with Crippen LogP contribution in [0.15, 0.2) is 53.8 Å². The van der Waals surface area contributed by atoms with Gasteiger partial charge in [-0.1, -0.05) is 30.0 Å². The molecule has 3 aromatic rings. The number of anilines is 1. The summed E-state index contributed by atoms with van der Waals surface area (Å²) in [4.78, 5) is 19.9. The standard InChI is InChI=1S/C15H12FN5OS/c16-11-7-4-8-17-13(11)14-19-15(21-20-14)23-9-12(22)18-10-5-2-1-3-6-10/h1-8H,9H2,(H,18,22)(H,19,20,21). The molecule has 0 saturated heterocycles. The first kappa shape index (κ1) is 15.2. The van der Waals surface area contributed by atoms with E-state index in [0.717, 1.165) is 17.4 Å². The number of aromatic nitrogens is 4. The molecule has 0 atom stereocenters. The first-order valence-electron chi connectivity index (χ1n) is 6.73. The van der Waals surface area contributed by atoms with Gasteiger partial charge in [-0.2, -0.15) is 4.98 Å². The van der Waals surface area contributed by atoms with Crippen LogP contribution in [0.4, 0.5) is 10.1 Å². The molecule has 0 bridgehead atoms. The molecule has 116 valence electrons. The van der Waals surface area contributed by atoms with Crippen LogP contribution in [-0.2, 0) is 4.79 Å². The van der Waals surface area contributed by atoms with Crippen molar-refractivity contribution in [2.24, 2.45) is 0 Å². The van der Waals surface area contributed by atoms with E-state index in [1.807, 2.05) is 18.2 Å². The number of thioether (sulfide) groups is 1. The van der Waals surface area contributed by atoms with E-state index >= 15 is 0 Å². The summed E-state index contributed by atoms with van der Waals surface area (Å²) in [5, 5.41) is 9.69. The molecular formula is C15H12FN5OS. The van der Waals surface area contributed by atoms with Crippen molar-refractivity contribution in [2.75, 3.05) is 11.1 Å². The van der Waals surface area contributed by atoms with Crippen LogP contribution in [0.3, 0.4) is 0 Å². The number of para-hydroxylation sites is 1. The molecule has 0 aliphatic rings. The Morgan fingerprint density at radius 1 is 1.22 bits per heavy atom. The van der Waals surface area contributed by atoms with Gasteiger partial charge in [-0.15, -0.1) is 5.10 Å². The highest BCUT2D eigenvalue weighted by Crippen LogP contribution is 2.19. The number of aromatic amines is 1. The summed E-state index contributed by atoms with van der Waals surface area (Å²) in [5.74, 6) is -0.274. The molecule has 0 radical (unpaired) electrons. The molecule has 2 heterocycles. The highest BCUT2D eigenvalue weighted by molar-refractivity contribution is 7.99. The predicted molar refractivity (Wildman–Crippen MR) is 85.4 cm³/mol. The normalized spacial score (nSPS) is 10.5. The van der Waals surface area contributed by atoms with Crippen molar-refractivity contribution in [3.8, 4) is 11.5 Å². The molecule has 2 aromatic heterocycles. The van der Waals surface area contributed by atoms with E-state index in [4.69, 9.17) is 0 Å². The largest absolute Gasteiger partial charge is 0.325 e. The van der Waals surface area contributed by atoms with Gasteiger partial charge in [0.2, 0.25) is 11.1 Å². The lowest BCUT2D eigenvalue weighted by molar-refractivity contribution is -0.113. The van der Waals surface area contributed by atoms with Crippen molar-refractivity contribution in [3.63, 3.8) is 0 Å². The molecule has 0 aliphatic carbocycles. The summed E-state index contributed by atoms with van der Waals surface area (Å²) < 4.78 is 13.6. The Balaban J connectivity index is 1.59. The van der Waals surface area contributed by atoms with Gasteiger partial charge in [-0.3, -0.25) is 9.89 Å². The summed E-state index contributed by atoms with van der Waals surface area (Å²) in [7, 11) is 0. The molecule has 3 rings (SSSR count). The van der Waals surface area contributed by atoms with Crippen LogP contribution in [0, 0.1) is 5.82 Å². The molecule has 0 fully saturated rings. The topological polar surface area (TPSA) is 83.6 Å². The zero-order valence-electron chi connectivity index (χ0n) is 11.9. The smallest absolute Gasteiger partial charge is 0.234 e. The number of amides is 1. The van der Waals surface area contributed by atoms with Gasteiger partial charge in [0, 0.05) is 11.9 Å². The summed E-state index contributed by atoms with van der Waals surface area (Å²) in [6.07, 6.45) is 1.47. The number of hydrogen-bond donors (Lipinski definition) is 2. The van der Waals surface area contributed by atoms with E-state index in [2.05, 4.69) is 25.5 Å². The van der Waals surface area contributed by atoms with Gasteiger partial charge < -0.3 is 5.32 Å². The number of halogens is 1. The van der Waals surface area contributed by atoms with Crippen molar-refractivity contribution in [1.29, 1.82) is 0 Å². The quantitative estimate of drug-likeness (QED) is 0.703. The molecule has 2 N–H and O–H groups in total. The second-order valence-electron chi connectivity index (χ2n) is 4.50. The van der Waals surface area contributed by atoms with Gasteiger partial charge in [0.15, 0.2) is 11.6 Å². The van der Waals surface area contributed by atoms with Gasteiger partial charge in [-0.25, -0.2) is 9.37 Å². The number of benzene rings is 1. The van der Waals surface area contributed by atoms with Crippen molar-refractivity contribution in [2.45, 2.75) is 5.16 Å². The second kappa shape index (κ2) is 7.01. The summed E-state index contributed by atoms with van der Waals surface area (Å²) in [5.41, 5.74) is 0.824. The molecule has 0 unspecified atom stereocenters. The number of nitrogens with zero attached hydrogens (tertiary/aromatic N) is 3. The van der Waals surface area contributed by atoms with Crippen molar-refractivity contribution >= 4 is 23.4 Å². The van der Waals surface area contributed by atoms with Gasteiger partial charge in [0.05, 0.1) is 5.75 Å².